The number of pyridine rings is 3. The van der Waals surface area contributed by atoms with Crippen molar-refractivity contribution in [3.05, 3.63) is 65.4 Å². The maximum atomic E-state index is 13.2. The molecule has 0 radical (unpaired) electrons. The third kappa shape index (κ3) is 5.34. The number of aromatic nitrogens is 3. The van der Waals surface area contributed by atoms with Gasteiger partial charge in [-0.25, -0.2) is 4.98 Å². The van der Waals surface area contributed by atoms with Crippen LogP contribution in [0.1, 0.15) is 46.1 Å². The summed E-state index contributed by atoms with van der Waals surface area (Å²) in [7, 11) is 0. The van der Waals surface area contributed by atoms with Crippen LogP contribution in [0.5, 0.6) is 0 Å². The Morgan fingerprint density at radius 3 is 2.64 bits per heavy atom. The van der Waals surface area contributed by atoms with Crippen LogP contribution in [0.3, 0.4) is 0 Å². The number of ether oxygens (including phenoxy) is 1. The second kappa shape index (κ2) is 10.7. The lowest BCUT2D eigenvalue weighted by molar-refractivity contribution is -0.141. The summed E-state index contributed by atoms with van der Waals surface area (Å²) in [6, 6.07) is 5.53. The molecule has 0 bridgehead atoms. The van der Waals surface area contributed by atoms with Gasteiger partial charge in [-0.1, -0.05) is 0 Å². The van der Waals surface area contributed by atoms with Crippen LogP contribution in [0.15, 0.2) is 42.9 Å². The van der Waals surface area contributed by atoms with Crippen molar-refractivity contribution in [2.45, 2.75) is 31.9 Å². The Morgan fingerprint density at radius 1 is 1.13 bits per heavy atom. The van der Waals surface area contributed by atoms with E-state index >= 15 is 0 Å². The predicted octanol–water partition coefficient (Wildman–Crippen LogP) is 3.97. The molecule has 2 aliphatic rings. The van der Waals surface area contributed by atoms with Crippen LogP contribution >= 0.6 is 0 Å². The average Bonchev–Trinajstić information content (AvgIpc) is 3.18. The first-order valence-corrected chi connectivity index (χ1v) is 12.5. The molecule has 12 heteroatoms. The van der Waals surface area contributed by atoms with Gasteiger partial charge in [0.05, 0.1) is 25.0 Å². The Balaban J connectivity index is 1.48. The van der Waals surface area contributed by atoms with Gasteiger partial charge in [0, 0.05) is 59.8 Å². The first-order chi connectivity index (χ1) is 18.7. The number of nitrogens with zero attached hydrogens (tertiary/aromatic N) is 4. The maximum absolute atomic E-state index is 13.2. The fraction of sp³-hybridized carbons (Fsp3) is 0.370. The minimum atomic E-state index is -4.67. The van der Waals surface area contributed by atoms with Crippen molar-refractivity contribution in [3.63, 3.8) is 0 Å². The fourth-order valence-corrected chi connectivity index (χ4v) is 5.16. The highest BCUT2D eigenvalue weighted by Gasteiger charge is 2.41. The first kappa shape index (κ1) is 26.7. The number of aliphatic hydroxyl groups is 1. The normalized spacial score (nSPS) is 19.2. The van der Waals surface area contributed by atoms with E-state index in [1.54, 1.807) is 19.2 Å². The molecule has 5 heterocycles. The highest BCUT2D eigenvalue weighted by molar-refractivity contribution is 6.04. The van der Waals surface area contributed by atoms with Crippen LogP contribution in [0, 0.1) is 12.8 Å². The maximum Gasteiger partial charge on any atom is 0.433 e. The van der Waals surface area contributed by atoms with Gasteiger partial charge >= 0.3 is 6.18 Å². The largest absolute Gasteiger partial charge is 0.433 e. The lowest BCUT2D eigenvalue weighted by Crippen LogP contribution is -2.45. The second-order valence-corrected chi connectivity index (χ2v) is 9.49. The number of carbonyl (C=O) groups excluding carboxylic acids is 2. The minimum Gasteiger partial charge on any atom is -0.395 e. The van der Waals surface area contributed by atoms with E-state index in [0.717, 1.165) is 11.8 Å². The van der Waals surface area contributed by atoms with E-state index in [0.29, 0.717) is 60.4 Å². The second-order valence-electron chi connectivity index (χ2n) is 9.49. The zero-order valence-electron chi connectivity index (χ0n) is 21.0. The highest BCUT2D eigenvalue weighted by Crippen LogP contribution is 2.44. The molecule has 0 saturated carbocycles. The topological polar surface area (TPSA) is 118 Å². The van der Waals surface area contributed by atoms with Gasteiger partial charge in [-0.05, 0) is 49.6 Å². The first-order valence-electron chi connectivity index (χ1n) is 12.5. The van der Waals surface area contributed by atoms with Gasteiger partial charge in [-0.2, -0.15) is 13.2 Å². The summed E-state index contributed by atoms with van der Waals surface area (Å²) in [5, 5.41) is 12.2. The number of nitrogens with one attached hydrogen (secondary N) is 1. The third-order valence-electron chi connectivity index (χ3n) is 7.06. The van der Waals surface area contributed by atoms with Gasteiger partial charge in [0.1, 0.15) is 11.5 Å². The molecule has 2 amide bonds. The van der Waals surface area contributed by atoms with Crippen molar-refractivity contribution in [1.82, 2.24) is 15.0 Å². The van der Waals surface area contributed by atoms with Crippen LogP contribution in [-0.4, -0.2) is 58.2 Å². The number of hydrogen-bond donors (Lipinski definition) is 2. The molecule has 204 valence electrons. The molecule has 9 nitrogen and oxygen atoms in total. The van der Waals surface area contributed by atoms with Crippen molar-refractivity contribution in [2.24, 2.45) is 5.92 Å². The van der Waals surface area contributed by atoms with Crippen LogP contribution < -0.4 is 10.2 Å². The van der Waals surface area contributed by atoms with E-state index in [2.05, 4.69) is 20.3 Å². The highest BCUT2D eigenvalue weighted by atomic mass is 19.4. The number of rotatable bonds is 5. The molecule has 1 saturated heterocycles. The van der Waals surface area contributed by atoms with Gasteiger partial charge in [0.2, 0.25) is 5.91 Å². The van der Waals surface area contributed by atoms with Crippen LogP contribution in [0.4, 0.5) is 24.7 Å². The Bertz CT molecular complexity index is 1410. The number of alkyl halides is 3. The number of aliphatic hydroxyl groups excluding tert-OH is 1. The van der Waals surface area contributed by atoms with Crippen molar-refractivity contribution in [1.29, 1.82) is 0 Å². The number of hydrogen-bond acceptors (Lipinski definition) is 7. The zero-order valence-corrected chi connectivity index (χ0v) is 21.0. The summed E-state index contributed by atoms with van der Waals surface area (Å²) in [5.74, 6) is -0.671. The number of amides is 2. The Kier molecular flexibility index (Phi) is 7.32. The van der Waals surface area contributed by atoms with Crippen LogP contribution in [0.25, 0.3) is 11.1 Å². The third-order valence-corrected chi connectivity index (χ3v) is 7.06. The standard InChI is InChI=1S/C27H26F3N5O4/c1-15-21(12-18(14-32-15)34-25(37)16-2-5-31-23(11-16)27(28,29)30)17-10-22-19-3-8-39-9-4-20(19)26(38)35(6-7-36)24(22)33-13-17/h2,5,10-14,19-20,36H,3-4,6-9H2,1H3,(H,34,37). The number of fused-ring (bicyclic) bond motifs is 3. The molecule has 5 rings (SSSR count). The van der Waals surface area contributed by atoms with E-state index in [1.807, 2.05) is 6.07 Å². The predicted molar refractivity (Wildman–Crippen MR) is 135 cm³/mol. The summed E-state index contributed by atoms with van der Waals surface area (Å²) in [6.45, 7) is 2.73. The molecule has 2 atom stereocenters. The van der Waals surface area contributed by atoms with Crippen molar-refractivity contribution in [3.8, 4) is 11.1 Å². The molecule has 2 unspecified atom stereocenters. The lowest BCUT2D eigenvalue weighted by Gasteiger charge is -2.37. The minimum absolute atomic E-state index is 0.0698. The number of aryl methyl sites for hydroxylation is 1. The lowest BCUT2D eigenvalue weighted by atomic mass is 9.78. The SMILES string of the molecule is Cc1ncc(NC(=O)c2ccnc(C(F)(F)F)c2)cc1-c1cnc2c(c1)C1CCOCCC1C(=O)N2CCO. The summed E-state index contributed by atoms with van der Waals surface area (Å²) in [4.78, 5) is 39.7. The number of carbonyl (C=O) groups is 2. The average molecular weight is 542 g/mol. The molecule has 39 heavy (non-hydrogen) atoms. The van der Waals surface area contributed by atoms with Gasteiger partial charge in [-0.3, -0.25) is 24.5 Å². The quantitative estimate of drug-likeness (QED) is 0.502. The van der Waals surface area contributed by atoms with E-state index < -0.39 is 17.8 Å². The van der Waals surface area contributed by atoms with Gasteiger partial charge in [-0.15, -0.1) is 0 Å². The monoisotopic (exact) mass is 541 g/mol. The van der Waals surface area contributed by atoms with E-state index in [4.69, 9.17) is 4.74 Å². The summed E-state index contributed by atoms with van der Waals surface area (Å²) >= 11 is 0. The van der Waals surface area contributed by atoms with E-state index in [1.165, 1.54) is 17.2 Å². The molecule has 1 fully saturated rings. The summed E-state index contributed by atoms with van der Waals surface area (Å²) < 4.78 is 44.7. The van der Waals surface area contributed by atoms with Crippen LogP contribution in [0.2, 0.25) is 0 Å². The molecule has 3 aromatic rings. The van der Waals surface area contributed by atoms with Crippen LogP contribution in [-0.2, 0) is 15.7 Å². The summed E-state index contributed by atoms with van der Waals surface area (Å²) in [6.07, 6.45) is 0.524. The van der Waals surface area contributed by atoms with Crippen molar-refractivity contribution in [2.75, 3.05) is 36.6 Å². The molecule has 0 spiro atoms. The van der Waals surface area contributed by atoms with Crippen molar-refractivity contribution >= 4 is 23.3 Å². The number of halogens is 3. The number of anilines is 2. The molecular weight excluding hydrogens is 515 g/mol. The van der Waals surface area contributed by atoms with Gasteiger partial charge in [0.25, 0.3) is 5.91 Å². The van der Waals surface area contributed by atoms with Crippen molar-refractivity contribution < 1.29 is 32.6 Å². The fourth-order valence-electron chi connectivity index (χ4n) is 5.16. The zero-order chi connectivity index (χ0) is 27.7. The summed E-state index contributed by atoms with van der Waals surface area (Å²) in [5.41, 5.74) is 1.85. The molecule has 2 N–H and O–H groups in total. The molecule has 2 aliphatic heterocycles. The van der Waals surface area contributed by atoms with Gasteiger partial charge < -0.3 is 15.2 Å². The molecular formula is C27H26F3N5O4. The Morgan fingerprint density at radius 2 is 1.90 bits per heavy atom. The molecule has 0 aliphatic carbocycles. The Hall–Kier alpha value is -3.90. The molecule has 3 aromatic heterocycles. The van der Waals surface area contributed by atoms with E-state index in [-0.39, 0.29) is 36.5 Å². The van der Waals surface area contributed by atoms with Gasteiger partial charge in [0.15, 0.2) is 0 Å². The van der Waals surface area contributed by atoms with E-state index in [9.17, 15) is 27.9 Å². The number of β-amino-alcohol motifs (C(OH)–C–C–N with tert-alkyl or cyclic N) is 1. The Labute approximate surface area is 222 Å². The molecule has 0 aromatic carbocycles. The smallest absolute Gasteiger partial charge is 0.395 e.